The van der Waals surface area contributed by atoms with Crippen LogP contribution in [0.1, 0.15) is 11.1 Å². The van der Waals surface area contributed by atoms with Crippen LogP contribution >= 0.6 is 11.6 Å². The number of hydrogen-bond donors (Lipinski definition) is 0. The molecular formula is C19H17ClF3N3O5S. The fourth-order valence-corrected chi connectivity index (χ4v) is 2.84. The van der Waals surface area contributed by atoms with Gasteiger partial charge in [-0.1, -0.05) is 23.7 Å². The Balaban J connectivity index is 2.46. The molecule has 0 saturated carbocycles. The van der Waals surface area contributed by atoms with Crippen molar-refractivity contribution in [2.75, 3.05) is 21.1 Å². The topological polar surface area (TPSA) is 96.3 Å². The highest BCUT2D eigenvalue weighted by molar-refractivity contribution is 7.88. The fraction of sp³-hybridized carbons (Fsp3) is 0.211. The lowest BCUT2D eigenvalue weighted by Gasteiger charge is -2.17. The van der Waals surface area contributed by atoms with Crippen molar-refractivity contribution in [2.24, 2.45) is 5.10 Å². The minimum absolute atomic E-state index is 0.161. The summed E-state index contributed by atoms with van der Waals surface area (Å²) in [6.07, 6.45) is 0. The predicted molar refractivity (Wildman–Crippen MR) is 111 cm³/mol. The molecule has 0 bridgehead atoms. The molecular weight excluding hydrogens is 475 g/mol. The second-order valence-electron chi connectivity index (χ2n) is 6.49. The van der Waals surface area contributed by atoms with E-state index < -0.39 is 33.2 Å². The van der Waals surface area contributed by atoms with Crippen molar-refractivity contribution in [3.05, 3.63) is 64.7 Å². The molecule has 2 amide bonds. The Morgan fingerprint density at radius 2 is 1.38 bits per heavy atom. The molecule has 0 spiro atoms. The second kappa shape index (κ2) is 9.57. The maximum absolute atomic E-state index is 12.5. The van der Waals surface area contributed by atoms with Gasteiger partial charge < -0.3 is 9.08 Å². The molecule has 0 heterocycles. The Labute approximate surface area is 186 Å². The molecule has 13 heteroatoms. The molecule has 32 heavy (non-hydrogen) atoms. The van der Waals surface area contributed by atoms with Crippen molar-refractivity contribution in [2.45, 2.75) is 5.51 Å². The lowest BCUT2D eigenvalue weighted by atomic mass is 10.0. The standard InChI is InChI=1S/C19H17ClF3N3O5S/c1-25(2)17(27)18(28)26(3)24-16(12-4-8-14(20)9-5-12)13-6-10-15(11-7-13)31-32(29,30)19(21,22)23/h4-11H,1-3H3. The first-order valence-corrected chi connectivity index (χ1v) is 10.5. The number of alkyl halides is 3. The van der Waals surface area contributed by atoms with E-state index in [9.17, 15) is 31.2 Å². The van der Waals surface area contributed by atoms with Gasteiger partial charge in [0.15, 0.2) is 0 Å². The molecule has 0 aliphatic carbocycles. The molecule has 2 rings (SSSR count). The normalized spacial score (nSPS) is 12.3. The average molecular weight is 492 g/mol. The first-order valence-electron chi connectivity index (χ1n) is 8.68. The molecule has 0 radical (unpaired) electrons. The number of carbonyl (C=O) groups is 2. The molecule has 0 unspecified atom stereocenters. The molecule has 0 saturated heterocycles. The van der Waals surface area contributed by atoms with Crippen molar-refractivity contribution in [3.63, 3.8) is 0 Å². The number of rotatable bonds is 5. The summed E-state index contributed by atoms with van der Waals surface area (Å²) < 4.78 is 63.9. The van der Waals surface area contributed by atoms with E-state index >= 15 is 0 Å². The Hall–Kier alpha value is -3.12. The number of hydrazone groups is 1. The van der Waals surface area contributed by atoms with Gasteiger partial charge in [0.25, 0.3) is 0 Å². The van der Waals surface area contributed by atoms with Crippen LogP contribution in [-0.2, 0) is 19.7 Å². The third kappa shape index (κ3) is 5.98. The number of hydrogen-bond acceptors (Lipinski definition) is 6. The number of likely N-dealkylation sites (N-methyl/N-ethyl adjacent to an activating group) is 2. The third-order valence-electron chi connectivity index (χ3n) is 3.87. The van der Waals surface area contributed by atoms with Crippen molar-refractivity contribution in [3.8, 4) is 5.75 Å². The van der Waals surface area contributed by atoms with E-state index in [0.717, 1.165) is 22.0 Å². The highest BCUT2D eigenvalue weighted by Gasteiger charge is 2.48. The summed E-state index contributed by atoms with van der Waals surface area (Å²) in [6.45, 7) is 0. The SMILES string of the molecule is CN(C)C(=O)C(=O)N(C)N=C(c1ccc(Cl)cc1)c1ccc(OS(=O)(=O)C(F)(F)F)cc1. The van der Waals surface area contributed by atoms with Crippen molar-refractivity contribution in [1.82, 2.24) is 9.91 Å². The molecule has 0 aliphatic rings. The lowest BCUT2D eigenvalue weighted by molar-refractivity contribution is -0.149. The number of benzene rings is 2. The van der Waals surface area contributed by atoms with Crippen LogP contribution in [0.5, 0.6) is 5.75 Å². The molecule has 0 aromatic heterocycles. The Morgan fingerprint density at radius 3 is 1.81 bits per heavy atom. The number of nitrogens with zero attached hydrogens (tertiary/aromatic N) is 3. The van der Waals surface area contributed by atoms with E-state index in [-0.39, 0.29) is 5.71 Å². The third-order valence-corrected chi connectivity index (χ3v) is 5.10. The molecule has 2 aromatic carbocycles. The van der Waals surface area contributed by atoms with Crippen LogP contribution in [0.2, 0.25) is 5.02 Å². The van der Waals surface area contributed by atoms with Gasteiger partial charge in [-0.25, -0.2) is 5.01 Å². The maximum Gasteiger partial charge on any atom is 0.534 e. The fourth-order valence-electron chi connectivity index (χ4n) is 2.26. The number of carbonyl (C=O) groups excluding carboxylic acids is 2. The summed E-state index contributed by atoms with van der Waals surface area (Å²) in [4.78, 5) is 25.3. The van der Waals surface area contributed by atoms with Crippen molar-refractivity contribution < 1.29 is 35.4 Å². The van der Waals surface area contributed by atoms with Crippen LogP contribution in [0.15, 0.2) is 53.6 Å². The van der Waals surface area contributed by atoms with E-state index in [1.54, 1.807) is 24.3 Å². The zero-order valence-corrected chi connectivity index (χ0v) is 18.5. The molecule has 0 fully saturated rings. The highest BCUT2D eigenvalue weighted by Crippen LogP contribution is 2.27. The lowest BCUT2D eigenvalue weighted by Crippen LogP contribution is -2.38. The molecule has 8 nitrogen and oxygen atoms in total. The smallest absolute Gasteiger partial charge is 0.376 e. The van der Waals surface area contributed by atoms with Crippen LogP contribution < -0.4 is 4.18 Å². The van der Waals surface area contributed by atoms with E-state index in [2.05, 4.69) is 9.28 Å². The van der Waals surface area contributed by atoms with Crippen molar-refractivity contribution >= 4 is 39.2 Å². The predicted octanol–water partition coefficient (Wildman–Crippen LogP) is 2.87. The van der Waals surface area contributed by atoms with Gasteiger partial charge in [0.05, 0.1) is 5.71 Å². The summed E-state index contributed by atoms with van der Waals surface area (Å²) in [5, 5.41) is 5.39. The quantitative estimate of drug-likeness (QED) is 0.211. The maximum atomic E-state index is 12.5. The summed E-state index contributed by atoms with van der Waals surface area (Å²) in [5.41, 5.74) is -4.66. The van der Waals surface area contributed by atoms with Gasteiger partial charge in [0.2, 0.25) is 0 Å². The first kappa shape index (κ1) is 25.1. The van der Waals surface area contributed by atoms with Crippen LogP contribution in [0, 0.1) is 0 Å². The van der Waals surface area contributed by atoms with Gasteiger partial charge in [-0.2, -0.15) is 26.7 Å². The van der Waals surface area contributed by atoms with Crippen LogP contribution in [0.4, 0.5) is 13.2 Å². The summed E-state index contributed by atoms with van der Waals surface area (Å²) in [6, 6.07) is 10.7. The van der Waals surface area contributed by atoms with E-state index in [4.69, 9.17) is 11.6 Å². The zero-order valence-electron chi connectivity index (χ0n) is 16.9. The van der Waals surface area contributed by atoms with E-state index in [0.29, 0.717) is 16.1 Å². The Kier molecular flexibility index (Phi) is 7.52. The summed E-state index contributed by atoms with van der Waals surface area (Å²) in [5.74, 6) is -2.33. The van der Waals surface area contributed by atoms with Gasteiger partial charge in [-0.3, -0.25) is 9.59 Å². The zero-order chi connectivity index (χ0) is 24.3. The van der Waals surface area contributed by atoms with E-state index in [1.165, 1.54) is 33.3 Å². The van der Waals surface area contributed by atoms with Crippen LogP contribution in [0.3, 0.4) is 0 Å². The minimum Gasteiger partial charge on any atom is -0.376 e. The monoisotopic (exact) mass is 491 g/mol. The summed E-state index contributed by atoms with van der Waals surface area (Å²) >= 11 is 5.89. The first-order chi connectivity index (χ1) is 14.7. The van der Waals surface area contributed by atoms with Gasteiger partial charge >= 0.3 is 27.4 Å². The number of halogens is 4. The average Bonchev–Trinajstić information content (AvgIpc) is 2.71. The van der Waals surface area contributed by atoms with Gasteiger partial charge in [0, 0.05) is 37.3 Å². The second-order valence-corrected chi connectivity index (χ2v) is 8.47. The number of amides is 2. The van der Waals surface area contributed by atoms with Gasteiger partial charge in [-0.05, 0) is 36.4 Å². The Morgan fingerprint density at radius 1 is 0.906 bits per heavy atom. The largest absolute Gasteiger partial charge is 0.534 e. The van der Waals surface area contributed by atoms with Gasteiger partial charge in [-0.15, -0.1) is 0 Å². The summed E-state index contributed by atoms with van der Waals surface area (Å²) in [7, 11) is -1.78. The van der Waals surface area contributed by atoms with Crippen LogP contribution in [-0.4, -0.2) is 62.5 Å². The molecule has 172 valence electrons. The molecule has 0 aliphatic heterocycles. The van der Waals surface area contributed by atoms with Gasteiger partial charge in [0.1, 0.15) is 5.75 Å². The molecule has 2 aromatic rings. The highest BCUT2D eigenvalue weighted by atomic mass is 35.5. The van der Waals surface area contributed by atoms with Crippen LogP contribution in [0.25, 0.3) is 0 Å². The minimum atomic E-state index is -5.83. The van der Waals surface area contributed by atoms with Crippen molar-refractivity contribution in [1.29, 1.82) is 0 Å². The Bertz CT molecular complexity index is 1130. The van der Waals surface area contributed by atoms with E-state index in [1.807, 2.05) is 0 Å². The molecule has 0 atom stereocenters. The molecule has 0 N–H and O–H groups in total.